The molecule has 1 aromatic heterocycles. The summed E-state index contributed by atoms with van der Waals surface area (Å²) in [6.07, 6.45) is 1.12. The molecule has 4 N–H and O–H groups in total. The van der Waals surface area contributed by atoms with Crippen LogP contribution in [0.4, 0.5) is 11.5 Å². The fourth-order valence-corrected chi connectivity index (χ4v) is 2.76. The molecule has 0 aliphatic carbocycles. The zero-order valence-corrected chi connectivity index (χ0v) is 12.3. The van der Waals surface area contributed by atoms with E-state index in [0.717, 1.165) is 6.20 Å². The Balaban J connectivity index is 2.31. The Morgan fingerprint density at radius 1 is 1.38 bits per heavy atom. The minimum absolute atomic E-state index is 0.0528. The summed E-state index contributed by atoms with van der Waals surface area (Å²) in [5.74, 6) is -0.276. The van der Waals surface area contributed by atoms with E-state index < -0.39 is 10.0 Å². The largest absolute Gasteiger partial charge is 0.383 e. The molecule has 0 radical (unpaired) electrons. The van der Waals surface area contributed by atoms with Crippen LogP contribution < -0.4 is 10.5 Å². The fourth-order valence-electron chi connectivity index (χ4n) is 1.68. The van der Waals surface area contributed by atoms with Gasteiger partial charge < -0.3 is 10.6 Å². The van der Waals surface area contributed by atoms with E-state index in [1.165, 1.54) is 11.0 Å². The molecule has 0 saturated heterocycles. The number of hydrogen-bond acceptors (Lipinski definition) is 5. The number of aromatic nitrogens is 2. The third-order valence-electron chi connectivity index (χ3n) is 2.69. The molecule has 0 saturated carbocycles. The number of hydrogen-bond donors (Lipinski definition) is 3. The van der Waals surface area contributed by atoms with Crippen molar-refractivity contribution in [1.29, 1.82) is 0 Å². The first-order valence-corrected chi connectivity index (χ1v) is 7.43. The molecular weight excluding hydrogens is 294 g/mol. The second-order valence-corrected chi connectivity index (χ2v) is 6.18. The lowest BCUT2D eigenvalue weighted by atomic mass is 10.2. The average Bonchev–Trinajstić information content (AvgIpc) is 2.84. The maximum absolute atomic E-state index is 12.2. The number of aromatic amines is 1. The van der Waals surface area contributed by atoms with Crippen LogP contribution >= 0.6 is 0 Å². The molecule has 0 fully saturated rings. The standard InChI is InChI=1S/C12H15N5O3S/c1-17(2)12(18)8-4-3-5-9(6-8)16-21(19,20)10-7-14-15-11(10)13/h3-7,16H,1-2H3,(H3,13,14,15). The van der Waals surface area contributed by atoms with Crippen molar-refractivity contribution in [2.75, 3.05) is 24.6 Å². The summed E-state index contributed by atoms with van der Waals surface area (Å²) < 4.78 is 26.7. The van der Waals surface area contributed by atoms with Crippen molar-refractivity contribution >= 4 is 27.4 Å². The summed E-state index contributed by atoms with van der Waals surface area (Å²) in [5.41, 5.74) is 6.14. The molecule has 9 heteroatoms. The average molecular weight is 309 g/mol. The van der Waals surface area contributed by atoms with Crippen LogP contribution in [-0.4, -0.2) is 43.5 Å². The molecule has 0 aliphatic heterocycles. The Kier molecular flexibility index (Phi) is 3.85. The number of carbonyl (C=O) groups is 1. The van der Waals surface area contributed by atoms with E-state index >= 15 is 0 Å². The molecule has 0 unspecified atom stereocenters. The van der Waals surface area contributed by atoms with Crippen molar-refractivity contribution in [3.05, 3.63) is 36.0 Å². The Hall–Kier alpha value is -2.55. The summed E-state index contributed by atoms with van der Waals surface area (Å²) in [6.45, 7) is 0. The van der Waals surface area contributed by atoms with Gasteiger partial charge in [0.15, 0.2) is 0 Å². The van der Waals surface area contributed by atoms with Crippen LogP contribution in [0.5, 0.6) is 0 Å². The number of nitrogens with zero attached hydrogens (tertiary/aromatic N) is 2. The molecule has 0 spiro atoms. The van der Waals surface area contributed by atoms with Gasteiger partial charge in [-0.1, -0.05) is 6.07 Å². The number of amides is 1. The number of rotatable bonds is 4. The predicted molar refractivity (Wildman–Crippen MR) is 78.3 cm³/mol. The number of anilines is 2. The Morgan fingerprint density at radius 3 is 2.67 bits per heavy atom. The van der Waals surface area contributed by atoms with Crippen molar-refractivity contribution in [3.63, 3.8) is 0 Å². The minimum atomic E-state index is -3.86. The summed E-state index contributed by atoms with van der Waals surface area (Å²) in [5, 5.41) is 5.92. The van der Waals surface area contributed by atoms with Crippen molar-refractivity contribution in [3.8, 4) is 0 Å². The maximum atomic E-state index is 12.2. The van der Waals surface area contributed by atoms with Crippen LogP contribution in [0, 0.1) is 0 Å². The van der Waals surface area contributed by atoms with Gasteiger partial charge in [-0.15, -0.1) is 0 Å². The molecule has 1 aromatic carbocycles. The lowest BCUT2D eigenvalue weighted by Crippen LogP contribution is -2.22. The van der Waals surface area contributed by atoms with E-state index in [1.54, 1.807) is 32.3 Å². The van der Waals surface area contributed by atoms with Gasteiger partial charge in [0, 0.05) is 25.3 Å². The summed E-state index contributed by atoms with van der Waals surface area (Å²) in [4.78, 5) is 13.1. The second-order valence-electron chi connectivity index (χ2n) is 4.53. The minimum Gasteiger partial charge on any atom is -0.383 e. The quantitative estimate of drug-likeness (QED) is 0.759. The van der Waals surface area contributed by atoms with Gasteiger partial charge in [0.05, 0.1) is 6.20 Å². The van der Waals surface area contributed by atoms with E-state index in [4.69, 9.17) is 5.73 Å². The molecule has 0 atom stereocenters. The number of nitrogens with one attached hydrogen (secondary N) is 2. The van der Waals surface area contributed by atoms with Gasteiger partial charge in [-0.2, -0.15) is 5.10 Å². The van der Waals surface area contributed by atoms with Crippen molar-refractivity contribution < 1.29 is 13.2 Å². The monoisotopic (exact) mass is 309 g/mol. The lowest BCUT2D eigenvalue weighted by Gasteiger charge is -2.12. The van der Waals surface area contributed by atoms with Gasteiger partial charge in [0.1, 0.15) is 10.7 Å². The number of nitrogen functional groups attached to an aromatic ring is 1. The van der Waals surface area contributed by atoms with E-state index in [2.05, 4.69) is 14.9 Å². The smallest absolute Gasteiger partial charge is 0.267 e. The van der Waals surface area contributed by atoms with Crippen LogP contribution in [-0.2, 0) is 10.0 Å². The lowest BCUT2D eigenvalue weighted by molar-refractivity contribution is 0.0827. The molecule has 2 rings (SSSR count). The van der Waals surface area contributed by atoms with E-state index in [1.807, 2.05) is 0 Å². The third-order valence-corrected chi connectivity index (χ3v) is 4.10. The molecule has 1 amide bonds. The van der Waals surface area contributed by atoms with Crippen molar-refractivity contribution in [1.82, 2.24) is 15.1 Å². The third kappa shape index (κ3) is 3.14. The topological polar surface area (TPSA) is 121 Å². The van der Waals surface area contributed by atoms with Crippen LogP contribution in [0.3, 0.4) is 0 Å². The Bertz CT molecular complexity index is 767. The Labute approximate surface area is 122 Å². The van der Waals surface area contributed by atoms with E-state index in [9.17, 15) is 13.2 Å². The fraction of sp³-hybridized carbons (Fsp3) is 0.167. The first-order chi connectivity index (χ1) is 9.81. The van der Waals surface area contributed by atoms with Crippen LogP contribution in [0.25, 0.3) is 0 Å². The zero-order chi connectivity index (χ0) is 15.6. The highest BCUT2D eigenvalue weighted by Gasteiger charge is 2.20. The van der Waals surface area contributed by atoms with Crippen molar-refractivity contribution in [2.45, 2.75) is 4.90 Å². The number of sulfonamides is 1. The molecule has 112 valence electrons. The summed E-state index contributed by atoms with van der Waals surface area (Å²) in [6, 6.07) is 6.19. The first-order valence-electron chi connectivity index (χ1n) is 5.94. The van der Waals surface area contributed by atoms with Crippen LogP contribution in [0.1, 0.15) is 10.4 Å². The highest BCUT2D eigenvalue weighted by molar-refractivity contribution is 7.92. The Morgan fingerprint density at radius 2 is 2.10 bits per heavy atom. The van der Waals surface area contributed by atoms with E-state index in [-0.39, 0.29) is 22.3 Å². The number of nitrogens with two attached hydrogens (primary N) is 1. The predicted octanol–water partition coefficient (Wildman–Crippen LogP) is 0.495. The van der Waals surface area contributed by atoms with Crippen molar-refractivity contribution in [2.24, 2.45) is 0 Å². The molecule has 8 nitrogen and oxygen atoms in total. The molecule has 21 heavy (non-hydrogen) atoms. The van der Waals surface area contributed by atoms with Gasteiger partial charge in [0.25, 0.3) is 15.9 Å². The van der Waals surface area contributed by atoms with Gasteiger partial charge in [0.2, 0.25) is 0 Å². The highest BCUT2D eigenvalue weighted by Crippen LogP contribution is 2.20. The molecule has 0 aliphatic rings. The summed E-state index contributed by atoms with van der Waals surface area (Å²) >= 11 is 0. The van der Waals surface area contributed by atoms with Gasteiger partial charge in [-0.3, -0.25) is 14.6 Å². The zero-order valence-electron chi connectivity index (χ0n) is 11.5. The van der Waals surface area contributed by atoms with Gasteiger partial charge >= 0.3 is 0 Å². The van der Waals surface area contributed by atoms with Crippen LogP contribution in [0.15, 0.2) is 35.4 Å². The van der Waals surface area contributed by atoms with E-state index in [0.29, 0.717) is 5.56 Å². The number of H-pyrrole nitrogens is 1. The molecular formula is C12H15N5O3S. The normalized spacial score (nSPS) is 11.1. The molecule has 2 aromatic rings. The summed E-state index contributed by atoms with van der Waals surface area (Å²) in [7, 11) is -0.624. The molecule has 1 heterocycles. The van der Waals surface area contributed by atoms with Crippen LogP contribution in [0.2, 0.25) is 0 Å². The first kappa shape index (κ1) is 14.9. The second kappa shape index (κ2) is 5.44. The van der Waals surface area contributed by atoms with Gasteiger partial charge in [-0.05, 0) is 18.2 Å². The molecule has 0 bridgehead atoms. The highest BCUT2D eigenvalue weighted by atomic mass is 32.2. The number of carbonyl (C=O) groups excluding carboxylic acids is 1. The van der Waals surface area contributed by atoms with Gasteiger partial charge in [-0.25, -0.2) is 8.42 Å². The number of benzene rings is 1. The SMILES string of the molecule is CN(C)C(=O)c1cccc(NS(=O)(=O)c2cn[nH]c2N)c1. The maximum Gasteiger partial charge on any atom is 0.267 e.